The van der Waals surface area contributed by atoms with Crippen LogP contribution < -0.4 is 5.32 Å². The minimum atomic E-state index is -0.186. The van der Waals surface area contributed by atoms with Crippen molar-refractivity contribution in [2.75, 3.05) is 13.1 Å². The van der Waals surface area contributed by atoms with Gasteiger partial charge in [0.1, 0.15) is 5.82 Å². The number of piperazine rings is 1. The lowest BCUT2D eigenvalue weighted by molar-refractivity contribution is 0.0244. The van der Waals surface area contributed by atoms with Gasteiger partial charge in [-0.3, -0.25) is 4.90 Å². The third kappa shape index (κ3) is 3.23. The zero-order valence-corrected chi connectivity index (χ0v) is 14.3. The van der Waals surface area contributed by atoms with Gasteiger partial charge in [-0.25, -0.2) is 4.39 Å². The second kappa shape index (κ2) is 5.74. The smallest absolute Gasteiger partial charge is 0.137 e. The van der Waals surface area contributed by atoms with Crippen molar-refractivity contribution in [2.24, 2.45) is 0 Å². The summed E-state index contributed by atoms with van der Waals surface area (Å²) in [6.07, 6.45) is 1.09. The number of halogens is 2. The number of hydrogen-bond acceptors (Lipinski definition) is 2. The predicted molar refractivity (Wildman–Crippen MR) is 85.3 cm³/mol. The molecule has 1 heterocycles. The molecule has 0 saturated carbocycles. The highest BCUT2D eigenvalue weighted by Gasteiger charge is 2.39. The summed E-state index contributed by atoms with van der Waals surface area (Å²) in [5.74, 6) is -0.186. The predicted octanol–water partition coefficient (Wildman–Crippen LogP) is 3.94. The number of benzene rings is 1. The van der Waals surface area contributed by atoms with E-state index in [0.717, 1.165) is 31.6 Å². The molecule has 0 aromatic heterocycles. The maximum Gasteiger partial charge on any atom is 0.137 e. The third-order valence-corrected chi connectivity index (χ3v) is 5.40. The fourth-order valence-electron chi connectivity index (χ4n) is 2.62. The molecule has 1 aliphatic heterocycles. The fraction of sp³-hybridized carbons (Fsp3) is 0.625. The summed E-state index contributed by atoms with van der Waals surface area (Å²) in [5.41, 5.74) is 1.22. The molecule has 20 heavy (non-hydrogen) atoms. The van der Waals surface area contributed by atoms with Crippen LogP contribution in [-0.4, -0.2) is 29.1 Å². The molecule has 1 aromatic rings. The average Bonchev–Trinajstić information content (AvgIpc) is 2.40. The second-order valence-electron chi connectivity index (χ2n) is 6.65. The van der Waals surface area contributed by atoms with E-state index < -0.39 is 0 Å². The Labute approximate surface area is 129 Å². The van der Waals surface area contributed by atoms with E-state index in [1.165, 1.54) is 6.07 Å². The maximum absolute atomic E-state index is 13.7. The molecule has 2 rings (SSSR count). The van der Waals surface area contributed by atoms with Crippen LogP contribution >= 0.6 is 15.9 Å². The van der Waals surface area contributed by atoms with E-state index >= 15 is 0 Å². The Bertz CT molecular complexity index is 489. The van der Waals surface area contributed by atoms with Gasteiger partial charge in [-0.1, -0.05) is 19.1 Å². The van der Waals surface area contributed by atoms with E-state index in [1.54, 1.807) is 6.07 Å². The minimum absolute atomic E-state index is 0.0699. The molecular weight excluding hydrogens is 319 g/mol. The summed E-state index contributed by atoms with van der Waals surface area (Å²) in [6, 6.07) is 5.27. The van der Waals surface area contributed by atoms with E-state index in [9.17, 15) is 4.39 Å². The molecular formula is C16H24BrFN2. The maximum atomic E-state index is 13.7. The Kier molecular flexibility index (Phi) is 4.57. The summed E-state index contributed by atoms with van der Waals surface area (Å²) >= 11 is 3.37. The number of rotatable bonds is 3. The molecule has 1 unspecified atom stereocenters. The summed E-state index contributed by atoms with van der Waals surface area (Å²) in [7, 11) is 0. The van der Waals surface area contributed by atoms with Gasteiger partial charge in [-0.05, 0) is 54.8 Å². The lowest BCUT2D eigenvalue weighted by Gasteiger charge is -2.51. The van der Waals surface area contributed by atoms with Crippen LogP contribution in [0.1, 0.15) is 39.7 Å². The van der Waals surface area contributed by atoms with Gasteiger partial charge in [0, 0.05) is 30.7 Å². The first kappa shape index (κ1) is 15.9. The molecule has 1 aromatic carbocycles. The van der Waals surface area contributed by atoms with E-state index in [-0.39, 0.29) is 16.9 Å². The minimum Gasteiger partial charge on any atom is -0.308 e. The molecule has 1 fully saturated rings. The van der Waals surface area contributed by atoms with Crippen molar-refractivity contribution in [3.05, 3.63) is 34.1 Å². The Morgan fingerprint density at radius 1 is 1.35 bits per heavy atom. The quantitative estimate of drug-likeness (QED) is 0.894. The Morgan fingerprint density at radius 3 is 2.70 bits per heavy atom. The Hall–Kier alpha value is -0.450. The van der Waals surface area contributed by atoms with Gasteiger partial charge in [0.05, 0.1) is 4.47 Å². The Morgan fingerprint density at radius 2 is 2.05 bits per heavy atom. The summed E-state index contributed by atoms with van der Waals surface area (Å²) in [6.45, 7) is 11.6. The van der Waals surface area contributed by atoms with Crippen LogP contribution in [0, 0.1) is 5.82 Å². The standard InChI is InChI=1S/C16H24BrFN2/c1-5-16(4)11-20(15(2,3)10-19-16)9-12-7-6-8-13(18)14(12)17/h6-8,19H,5,9-11H2,1-4H3. The fourth-order valence-corrected chi connectivity index (χ4v) is 3.01. The highest BCUT2D eigenvalue weighted by molar-refractivity contribution is 9.10. The molecule has 1 atom stereocenters. The van der Waals surface area contributed by atoms with Crippen LogP contribution in [0.2, 0.25) is 0 Å². The molecule has 0 spiro atoms. The van der Waals surface area contributed by atoms with Crippen LogP contribution in [0.25, 0.3) is 0 Å². The molecule has 1 aliphatic rings. The van der Waals surface area contributed by atoms with Gasteiger partial charge >= 0.3 is 0 Å². The first-order chi connectivity index (χ1) is 9.27. The topological polar surface area (TPSA) is 15.3 Å². The second-order valence-corrected chi connectivity index (χ2v) is 7.44. The Balaban J connectivity index is 2.23. The summed E-state index contributed by atoms with van der Waals surface area (Å²) in [4.78, 5) is 2.45. The van der Waals surface area contributed by atoms with Gasteiger partial charge < -0.3 is 5.32 Å². The first-order valence-corrected chi connectivity index (χ1v) is 8.00. The molecule has 1 N–H and O–H groups in total. The zero-order valence-electron chi connectivity index (χ0n) is 12.8. The monoisotopic (exact) mass is 342 g/mol. The first-order valence-electron chi connectivity index (χ1n) is 7.20. The van der Waals surface area contributed by atoms with Gasteiger partial charge in [-0.15, -0.1) is 0 Å². The molecule has 2 nitrogen and oxygen atoms in total. The molecule has 1 saturated heterocycles. The van der Waals surface area contributed by atoms with E-state index in [4.69, 9.17) is 0 Å². The largest absolute Gasteiger partial charge is 0.308 e. The lowest BCUT2D eigenvalue weighted by Crippen LogP contribution is -2.66. The van der Waals surface area contributed by atoms with Crippen molar-refractivity contribution < 1.29 is 4.39 Å². The van der Waals surface area contributed by atoms with E-state index in [2.05, 4.69) is 53.8 Å². The molecule has 0 aliphatic carbocycles. The van der Waals surface area contributed by atoms with Gasteiger partial charge in [-0.2, -0.15) is 0 Å². The van der Waals surface area contributed by atoms with Gasteiger partial charge in [0.25, 0.3) is 0 Å². The van der Waals surface area contributed by atoms with Crippen molar-refractivity contribution in [2.45, 2.75) is 51.7 Å². The van der Waals surface area contributed by atoms with Gasteiger partial charge in [0.15, 0.2) is 0 Å². The summed E-state index contributed by atoms with van der Waals surface area (Å²) < 4.78 is 14.3. The zero-order chi connectivity index (χ0) is 15.0. The SMILES string of the molecule is CCC1(C)CN(Cc2cccc(F)c2Br)C(C)(C)CN1. The normalized spacial score (nSPS) is 26.7. The molecule has 4 heteroatoms. The van der Waals surface area contributed by atoms with E-state index in [0.29, 0.717) is 4.47 Å². The van der Waals surface area contributed by atoms with Crippen molar-refractivity contribution in [3.63, 3.8) is 0 Å². The highest BCUT2D eigenvalue weighted by atomic mass is 79.9. The average molecular weight is 343 g/mol. The van der Waals surface area contributed by atoms with Crippen LogP contribution in [0.5, 0.6) is 0 Å². The van der Waals surface area contributed by atoms with E-state index in [1.807, 2.05) is 6.07 Å². The molecule has 0 radical (unpaired) electrons. The highest BCUT2D eigenvalue weighted by Crippen LogP contribution is 2.29. The summed E-state index contributed by atoms with van der Waals surface area (Å²) in [5, 5.41) is 3.65. The van der Waals surface area contributed by atoms with Crippen molar-refractivity contribution >= 4 is 15.9 Å². The van der Waals surface area contributed by atoms with Crippen LogP contribution in [0.15, 0.2) is 22.7 Å². The molecule has 0 bridgehead atoms. The van der Waals surface area contributed by atoms with Crippen LogP contribution in [0.4, 0.5) is 4.39 Å². The third-order valence-electron chi connectivity index (χ3n) is 4.52. The van der Waals surface area contributed by atoms with Crippen molar-refractivity contribution in [3.8, 4) is 0 Å². The number of hydrogen-bond donors (Lipinski definition) is 1. The van der Waals surface area contributed by atoms with Gasteiger partial charge in [0.2, 0.25) is 0 Å². The molecule has 0 amide bonds. The molecule has 112 valence electrons. The van der Waals surface area contributed by atoms with Crippen molar-refractivity contribution in [1.82, 2.24) is 10.2 Å². The number of nitrogens with one attached hydrogen (secondary N) is 1. The van der Waals surface area contributed by atoms with Crippen LogP contribution in [0.3, 0.4) is 0 Å². The van der Waals surface area contributed by atoms with Crippen LogP contribution in [-0.2, 0) is 6.54 Å². The van der Waals surface area contributed by atoms with Crippen molar-refractivity contribution in [1.29, 1.82) is 0 Å². The lowest BCUT2D eigenvalue weighted by atomic mass is 9.88. The number of nitrogens with zero attached hydrogens (tertiary/aromatic N) is 1.